The average Bonchev–Trinajstić information content (AvgIpc) is 1.35. The molecule has 0 saturated carbocycles. The van der Waals surface area contributed by atoms with Crippen molar-refractivity contribution in [3.8, 4) is 62.2 Å². The summed E-state index contributed by atoms with van der Waals surface area (Å²) in [5.74, 6) is 2.02. The van der Waals surface area contributed by atoms with E-state index in [1.165, 1.54) is 110 Å². The first-order valence-corrected chi connectivity index (χ1v) is 32.0. The van der Waals surface area contributed by atoms with Crippen LogP contribution in [0.4, 0.5) is 5.69 Å². The maximum absolute atomic E-state index is 11.3. The van der Waals surface area contributed by atoms with Crippen molar-refractivity contribution in [1.29, 1.82) is 0 Å². The Labute approximate surface area is 554 Å². The number of aromatic nitrogens is 3. The molecule has 1 aromatic heterocycles. The number of benzene rings is 12. The molecule has 6 heteroatoms. The van der Waals surface area contributed by atoms with Gasteiger partial charge in [-0.3, -0.25) is 4.58 Å². The second-order valence-electron chi connectivity index (χ2n) is 29.1. The summed E-state index contributed by atoms with van der Waals surface area (Å²) in [5, 5.41) is 22.5. The van der Waals surface area contributed by atoms with Gasteiger partial charge >= 0.3 is 18.9 Å². The molecule has 0 bridgehead atoms. The predicted octanol–water partition coefficient (Wildman–Crippen LogP) is 18.4. The van der Waals surface area contributed by atoms with Crippen molar-refractivity contribution in [2.75, 3.05) is 0 Å². The van der Waals surface area contributed by atoms with Gasteiger partial charge in [0.05, 0.1) is 18.7 Å². The van der Waals surface area contributed by atoms with Gasteiger partial charge in [-0.25, -0.2) is 15.0 Å². The summed E-state index contributed by atoms with van der Waals surface area (Å²) in [7, 11) is 0. The van der Waals surface area contributed by atoms with Gasteiger partial charge in [0, 0.05) is 16.7 Å². The number of hydrogen-bond acceptors (Lipinski definition) is 4. The molecule has 13 aromatic rings. The summed E-state index contributed by atoms with van der Waals surface area (Å²) in [5.41, 5.74) is 20.5. The van der Waals surface area contributed by atoms with Crippen LogP contribution in [-0.2, 0) is 27.1 Å². The van der Waals surface area contributed by atoms with Gasteiger partial charge < -0.3 is 5.11 Å². The van der Waals surface area contributed by atoms with Crippen LogP contribution in [0.2, 0.25) is 0 Å². The van der Waals surface area contributed by atoms with Crippen molar-refractivity contribution in [3.05, 3.63) is 281 Å². The third-order valence-electron chi connectivity index (χ3n) is 19.0. The van der Waals surface area contributed by atoms with Crippen LogP contribution in [0, 0.1) is 6.54 Å². The molecule has 0 N–H and O–H groups in total. The smallest absolute Gasteiger partial charge is 0.875 e. The summed E-state index contributed by atoms with van der Waals surface area (Å²) in [6, 6.07) is 78.7. The largest absolute Gasteiger partial charge is 1.00 e. The van der Waals surface area contributed by atoms with Crippen molar-refractivity contribution in [1.82, 2.24) is 15.0 Å². The Morgan fingerprint density at radius 2 is 0.739 bits per heavy atom. The van der Waals surface area contributed by atoms with Crippen molar-refractivity contribution in [2.24, 2.45) is 0 Å². The van der Waals surface area contributed by atoms with E-state index < -0.39 is 0 Å². The monoisotopic (exact) mass is 1190 g/mol. The molecule has 2 heterocycles. The average molecular weight is 1190 g/mol. The second-order valence-corrected chi connectivity index (χ2v) is 29.1. The van der Waals surface area contributed by atoms with E-state index in [4.69, 9.17) is 15.0 Å². The van der Waals surface area contributed by atoms with E-state index in [9.17, 15) is 5.11 Å². The van der Waals surface area contributed by atoms with E-state index >= 15 is 0 Å². The Morgan fingerprint density at radius 3 is 1.13 bits per heavy atom. The van der Waals surface area contributed by atoms with Crippen molar-refractivity contribution in [3.63, 3.8) is 0 Å². The zero-order chi connectivity index (χ0) is 63.5. The van der Waals surface area contributed by atoms with E-state index in [0.717, 1.165) is 22.3 Å². The Bertz CT molecular complexity index is 4740. The van der Waals surface area contributed by atoms with E-state index in [2.05, 4.69) is 229 Å². The summed E-state index contributed by atoms with van der Waals surface area (Å²) >= 11 is 0. The standard InChI is InChI=1S/C40H25N3.C36H44.C10H9NO.Li/c1-3-13-26(14-4-1)37-41-38(27-15-5-2-6-16-27)43-39(42-37)28-23-24-36-32(25-28)31-19-9-12-22-35(31)40(36)33-20-10-7-17-29(33)30-18-8-11-21-34(30)40;1-33(2,3)23-13-21-14-24(34(4,5)6)19-29-30-20-26(36(10,11)12)16-22-15-25(35(7,8)9)18-28(32(22)30)27(17-23)31(21)29;1-11-7-3-5-8-4-2-6-9(12)10(8)11;/h1-25H;13-20H,1-12H3;2-7,12H,1H2;/q;;;+1/p-1. The summed E-state index contributed by atoms with van der Waals surface area (Å²) in [6.07, 6.45) is 3.77. The molecule has 16 rings (SSSR count). The van der Waals surface area contributed by atoms with Crippen LogP contribution < -0.4 is 24.0 Å². The van der Waals surface area contributed by atoms with E-state index in [1.807, 2.05) is 78.9 Å². The Kier molecular flexibility index (Phi) is 15.2. The maximum Gasteiger partial charge on any atom is 1.00 e. The number of rotatable bonds is 3. The molecule has 3 aliphatic rings. The molecule has 0 amide bonds. The van der Waals surface area contributed by atoms with Crippen molar-refractivity contribution in [2.45, 2.75) is 110 Å². The molecule has 0 atom stereocenters. The fourth-order valence-corrected chi connectivity index (χ4v) is 14.1. The van der Waals surface area contributed by atoms with Crippen LogP contribution in [0.3, 0.4) is 0 Å². The van der Waals surface area contributed by atoms with Crippen molar-refractivity contribution < 1.29 is 28.5 Å². The van der Waals surface area contributed by atoms with Gasteiger partial charge in [-0.05, 0) is 167 Å². The fourth-order valence-electron chi connectivity index (χ4n) is 14.1. The Hall–Kier alpha value is -9.37. The third-order valence-corrected chi connectivity index (χ3v) is 19.0. The van der Waals surface area contributed by atoms with Crippen LogP contribution in [-0.4, -0.2) is 26.2 Å². The number of nitrogens with zero attached hydrogens (tertiary/aromatic N) is 4. The number of fused-ring (bicyclic) bond motifs is 13. The van der Waals surface area contributed by atoms with E-state index in [0.29, 0.717) is 23.2 Å². The van der Waals surface area contributed by atoms with Crippen molar-refractivity contribution >= 4 is 61.6 Å². The van der Waals surface area contributed by atoms with Crippen LogP contribution in [0.25, 0.3) is 106 Å². The first-order chi connectivity index (χ1) is 43.5. The third kappa shape index (κ3) is 10.5. The molecule has 448 valence electrons. The number of hydrogen-bond donors (Lipinski definition) is 0. The number of para-hydroxylation sites is 1. The predicted molar refractivity (Wildman–Crippen MR) is 381 cm³/mol. The van der Waals surface area contributed by atoms with E-state index in [-0.39, 0.29) is 51.7 Å². The molecule has 0 fully saturated rings. The minimum Gasteiger partial charge on any atom is -0.875 e. The Morgan fingerprint density at radius 1 is 0.380 bits per heavy atom. The van der Waals surface area contributed by atoms with Gasteiger partial charge in [-0.1, -0.05) is 283 Å². The molecule has 5 nitrogen and oxygen atoms in total. The molecular weight excluding hydrogens is 1110 g/mol. The minimum absolute atomic E-state index is 0. The molecular formula is C86H77LiN4O. The minimum atomic E-state index is -0.360. The summed E-state index contributed by atoms with van der Waals surface area (Å²) < 4.78 is 1.59. The van der Waals surface area contributed by atoms with E-state index in [1.54, 1.807) is 23.3 Å². The fraction of sp³-hybridized carbons (Fsp3) is 0.198. The van der Waals surface area contributed by atoms with Gasteiger partial charge in [0.25, 0.3) is 0 Å². The molecule has 2 aliphatic carbocycles. The van der Waals surface area contributed by atoms with Crippen LogP contribution in [0.5, 0.6) is 5.75 Å². The van der Waals surface area contributed by atoms with Gasteiger partial charge in [0.1, 0.15) is 5.69 Å². The first-order valence-electron chi connectivity index (χ1n) is 32.0. The molecule has 1 spiro atoms. The zero-order valence-corrected chi connectivity index (χ0v) is 55.4. The second kappa shape index (κ2) is 22.8. The summed E-state index contributed by atoms with van der Waals surface area (Å²) in [6.45, 7) is 33.5. The van der Waals surface area contributed by atoms with Crippen LogP contribution in [0.15, 0.2) is 224 Å². The quantitative estimate of drug-likeness (QED) is 0.0581. The van der Waals surface area contributed by atoms with Gasteiger partial charge in [0.15, 0.2) is 17.5 Å². The van der Waals surface area contributed by atoms with Gasteiger partial charge in [-0.2, -0.15) is 0 Å². The van der Waals surface area contributed by atoms with Gasteiger partial charge in [-0.15, -0.1) is 6.08 Å². The topological polar surface area (TPSA) is 64.7 Å². The normalized spacial score (nSPS) is 13.5. The van der Waals surface area contributed by atoms with Crippen LogP contribution in [0.1, 0.15) is 133 Å². The molecule has 0 saturated heterocycles. The van der Waals surface area contributed by atoms with Crippen LogP contribution >= 0.6 is 0 Å². The maximum atomic E-state index is 11.3. The zero-order valence-electron chi connectivity index (χ0n) is 55.4. The first kappa shape index (κ1) is 61.5. The Balaban J connectivity index is 0.000000142. The summed E-state index contributed by atoms with van der Waals surface area (Å²) in [4.78, 5) is 14.9. The SMILES string of the molecule is C=[N+]1[CH-]C=Cc2cccc([O-])c21.CC(C)(C)c1cc2cc(C(C)(C)C)cc3c4cc(C(C)(C)C)cc5cc(C(C)(C)C)cc(c(c1)c23)c54.[Li+].c1ccc(-c2nc(-c3ccccc3)nc(-c3ccc4c(c3)-c3ccccc3C43c4ccccc4-c4ccccc43)n2)cc1. The molecule has 0 unspecified atom stereocenters. The van der Waals surface area contributed by atoms with Gasteiger partial charge in [0.2, 0.25) is 0 Å². The molecule has 1 aliphatic heterocycles. The molecule has 12 aromatic carbocycles. The molecule has 0 radical (unpaired) electrons. The molecule has 92 heavy (non-hydrogen) atoms.